The number of fused-ring (bicyclic) bond motifs is 4. The number of amides is 3. The number of pyridine rings is 1. The van der Waals surface area contributed by atoms with Crippen LogP contribution in [0, 0.1) is 23.1 Å². The number of hydrogen-bond donors (Lipinski definition) is 2. The summed E-state index contributed by atoms with van der Waals surface area (Å²) in [4.78, 5) is 44.9. The molecule has 0 saturated heterocycles. The van der Waals surface area contributed by atoms with Gasteiger partial charge < -0.3 is 15.0 Å². The highest BCUT2D eigenvalue weighted by atomic mass is 35.5. The summed E-state index contributed by atoms with van der Waals surface area (Å²) in [6.07, 6.45) is 4.50. The fourth-order valence-electron chi connectivity index (χ4n) is 5.53. The van der Waals surface area contributed by atoms with Crippen LogP contribution in [-0.4, -0.2) is 41.4 Å². The van der Waals surface area contributed by atoms with E-state index in [0.717, 1.165) is 5.56 Å². The van der Waals surface area contributed by atoms with Crippen molar-refractivity contribution in [3.05, 3.63) is 82.4 Å². The Hall–Kier alpha value is -4.75. The molecule has 2 atom stereocenters. The highest BCUT2D eigenvalue weighted by Gasteiger charge is 2.31. The maximum absolute atomic E-state index is 15.0. The van der Waals surface area contributed by atoms with E-state index in [1.807, 2.05) is 25.1 Å². The zero-order valence-corrected chi connectivity index (χ0v) is 24.4. The lowest BCUT2D eigenvalue weighted by Crippen LogP contribution is -2.38. The summed E-state index contributed by atoms with van der Waals surface area (Å²) in [5.74, 6) is -1.53. The van der Waals surface area contributed by atoms with E-state index in [-0.39, 0.29) is 40.4 Å². The minimum absolute atomic E-state index is 0.0549. The van der Waals surface area contributed by atoms with E-state index in [2.05, 4.69) is 15.6 Å². The Bertz CT molecular complexity index is 1680. The van der Waals surface area contributed by atoms with Crippen molar-refractivity contribution in [2.45, 2.75) is 38.6 Å². The van der Waals surface area contributed by atoms with Crippen LogP contribution >= 0.6 is 11.6 Å². The third kappa shape index (κ3) is 6.22. The lowest BCUT2D eigenvalue weighted by atomic mass is 9.91. The summed E-state index contributed by atoms with van der Waals surface area (Å²) >= 11 is 6.00. The second-order valence-corrected chi connectivity index (χ2v) is 10.9. The van der Waals surface area contributed by atoms with Crippen LogP contribution in [0.3, 0.4) is 0 Å². The number of halogens is 2. The topological polar surface area (TPSA) is 124 Å². The molecule has 0 saturated carbocycles. The predicted octanol–water partition coefficient (Wildman–Crippen LogP) is 6.71. The van der Waals surface area contributed by atoms with E-state index in [1.54, 1.807) is 29.3 Å². The largest absolute Gasteiger partial charge is 0.453 e. The molecule has 9 nitrogen and oxygen atoms in total. The molecule has 2 aliphatic heterocycles. The SMILES string of the molecule is COC(=O)Nc1ccc2c(c1)NC(=O)C(C)CCCC(N1CCC(c3c(C#N)ccc(Cl)c3F)=CC1=O)c1cc-2ccn1. The van der Waals surface area contributed by atoms with Crippen LogP contribution in [0.4, 0.5) is 20.6 Å². The number of anilines is 2. The smallest absolute Gasteiger partial charge is 0.411 e. The number of methoxy groups -OCH3 is 1. The van der Waals surface area contributed by atoms with E-state index in [1.165, 1.54) is 25.3 Å². The molecular formula is C32H29ClFN5O4. The van der Waals surface area contributed by atoms with Crippen LogP contribution in [0.5, 0.6) is 0 Å². The van der Waals surface area contributed by atoms with Gasteiger partial charge in [0.2, 0.25) is 11.8 Å². The fourth-order valence-corrected chi connectivity index (χ4v) is 5.69. The molecule has 0 radical (unpaired) electrons. The molecule has 1 aromatic heterocycles. The molecule has 5 rings (SSSR count). The Kier molecular flexibility index (Phi) is 8.73. The molecule has 3 aromatic rings. The Morgan fingerprint density at radius 2 is 2.02 bits per heavy atom. The maximum Gasteiger partial charge on any atom is 0.411 e. The molecule has 0 aliphatic carbocycles. The molecule has 2 aliphatic rings. The molecule has 43 heavy (non-hydrogen) atoms. The Morgan fingerprint density at radius 1 is 1.21 bits per heavy atom. The standard InChI is InChI=1S/C32H29ClFN5O4/c1-18-4-3-5-27(39-13-11-20(15-28(39)40)29-21(17-35)6-9-24(33)30(29)34)26-14-19(10-12-36-26)23-8-7-22(37-32(42)43-2)16-25(23)38-31(18)41/h6-10,12,14-16,18,27H,3-5,11,13H2,1-2H3,(H,37,42)(H,38,41). The molecule has 2 bridgehead atoms. The van der Waals surface area contributed by atoms with Gasteiger partial charge in [0, 0.05) is 41.5 Å². The maximum atomic E-state index is 15.0. The summed E-state index contributed by atoms with van der Waals surface area (Å²) in [6, 6.07) is 13.2. The molecule has 3 amide bonds. The third-order valence-corrected chi connectivity index (χ3v) is 8.11. The number of nitriles is 1. The van der Waals surface area contributed by atoms with Crippen LogP contribution in [-0.2, 0) is 14.3 Å². The van der Waals surface area contributed by atoms with Crippen LogP contribution in [0.2, 0.25) is 5.02 Å². The van der Waals surface area contributed by atoms with Gasteiger partial charge in [-0.25, -0.2) is 9.18 Å². The van der Waals surface area contributed by atoms with E-state index >= 15 is 0 Å². The Labute approximate surface area is 253 Å². The van der Waals surface area contributed by atoms with Gasteiger partial charge in [-0.3, -0.25) is 19.9 Å². The molecule has 2 unspecified atom stereocenters. The normalized spacial score (nSPS) is 18.7. The van der Waals surface area contributed by atoms with Crippen molar-refractivity contribution < 1.29 is 23.5 Å². The lowest BCUT2D eigenvalue weighted by molar-refractivity contribution is -0.129. The van der Waals surface area contributed by atoms with Gasteiger partial charge in [0.15, 0.2) is 5.82 Å². The minimum atomic E-state index is -0.718. The van der Waals surface area contributed by atoms with Crippen LogP contribution in [0.1, 0.15) is 55.5 Å². The quantitative estimate of drug-likeness (QED) is 0.344. The van der Waals surface area contributed by atoms with E-state index in [9.17, 15) is 24.0 Å². The zero-order chi connectivity index (χ0) is 30.7. The molecule has 220 valence electrons. The minimum Gasteiger partial charge on any atom is -0.453 e. The predicted molar refractivity (Wildman–Crippen MR) is 161 cm³/mol. The summed E-state index contributed by atoms with van der Waals surface area (Å²) in [5, 5.41) is 15.1. The Morgan fingerprint density at radius 3 is 2.77 bits per heavy atom. The number of rotatable bonds is 3. The van der Waals surface area contributed by atoms with Crippen LogP contribution < -0.4 is 10.6 Å². The average Bonchev–Trinajstić information content (AvgIpc) is 3.00. The van der Waals surface area contributed by atoms with Crippen molar-refractivity contribution in [2.75, 3.05) is 24.3 Å². The molecular weight excluding hydrogens is 573 g/mol. The van der Waals surface area contributed by atoms with Gasteiger partial charge in [-0.05, 0) is 66.8 Å². The van der Waals surface area contributed by atoms with Crippen molar-refractivity contribution in [3.63, 3.8) is 0 Å². The van der Waals surface area contributed by atoms with Crippen molar-refractivity contribution in [1.29, 1.82) is 5.26 Å². The van der Waals surface area contributed by atoms with E-state index < -0.39 is 18.0 Å². The first kappa shape index (κ1) is 29.7. The molecule has 11 heteroatoms. The number of carbonyl (C=O) groups excluding carboxylic acids is 3. The molecule has 3 heterocycles. The van der Waals surface area contributed by atoms with Crippen molar-refractivity contribution in [1.82, 2.24) is 9.88 Å². The van der Waals surface area contributed by atoms with Crippen LogP contribution in [0.15, 0.2) is 54.7 Å². The number of hydrogen-bond acceptors (Lipinski definition) is 6. The average molecular weight is 602 g/mol. The number of aromatic nitrogens is 1. The van der Waals surface area contributed by atoms with E-state index in [0.29, 0.717) is 53.9 Å². The molecule has 2 aromatic carbocycles. The highest BCUT2D eigenvalue weighted by molar-refractivity contribution is 6.31. The molecule has 0 spiro atoms. The molecule has 2 N–H and O–H groups in total. The zero-order valence-electron chi connectivity index (χ0n) is 23.6. The van der Waals surface area contributed by atoms with Gasteiger partial charge in [0.1, 0.15) is 0 Å². The van der Waals surface area contributed by atoms with Gasteiger partial charge in [0.25, 0.3) is 0 Å². The summed E-state index contributed by atoms with van der Waals surface area (Å²) in [7, 11) is 1.27. The van der Waals surface area contributed by atoms with Crippen molar-refractivity contribution in [2.24, 2.45) is 5.92 Å². The van der Waals surface area contributed by atoms with Gasteiger partial charge in [-0.2, -0.15) is 5.26 Å². The number of nitrogens with zero attached hydrogens (tertiary/aromatic N) is 3. The summed E-state index contributed by atoms with van der Waals surface area (Å²) in [5.41, 5.74) is 3.72. The van der Waals surface area contributed by atoms with Gasteiger partial charge in [0.05, 0.1) is 41.2 Å². The van der Waals surface area contributed by atoms with Crippen molar-refractivity contribution >= 4 is 46.5 Å². The summed E-state index contributed by atoms with van der Waals surface area (Å²) in [6.45, 7) is 2.13. The monoisotopic (exact) mass is 601 g/mol. The number of carbonyl (C=O) groups is 3. The Balaban J connectivity index is 1.53. The van der Waals surface area contributed by atoms with Crippen molar-refractivity contribution in [3.8, 4) is 17.2 Å². The van der Waals surface area contributed by atoms with E-state index in [4.69, 9.17) is 16.3 Å². The second-order valence-electron chi connectivity index (χ2n) is 10.5. The number of nitrogens with one attached hydrogen (secondary N) is 2. The second kappa shape index (κ2) is 12.6. The van der Waals surface area contributed by atoms with Gasteiger partial charge >= 0.3 is 6.09 Å². The summed E-state index contributed by atoms with van der Waals surface area (Å²) < 4.78 is 19.7. The van der Waals surface area contributed by atoms with Crippen LogP contribution in [0.25, 0.3) is 16.7 Å². The fraction of sp³-hybridized carbons (Fsp3) is 0.281. The first-order chi connectivity index (χ1) is 20.7. The first-order valence-electron chi connectivity index (χ1n) is 13.9. The highest BCUT2D eigenvalue weighted by Crippen LogP contribution is 2.38. The third-order valence-electron chi connectivity index (χ3n) is 7.82. The first-order valence-corrected chi connectivity index (χ1v) is 14.2. The lowest BCUT2D eigenvalue weighted by Gasteiger charge is -2.34. The van der Waals surface area contributed by atoms with Gasteiger partial charge in [-0.15, -0.1) is 0 Å². The number of benzene rings is 2. The van der Waals surface area contributed by atoms with Gasteiger partial charge in [-0.1, -0.05) is 31.0 Å². The number of ether oxygens (including phenoxy) is 1. The molecule has 0 fully saturated rings.